The summed E-state index contributed by atoms with van der Waals surface area (Å²) >= 11 is 1.74. The number of sulfonamides is 1. The van der Waals surface area contributed by atoms with Gasteiger partial charge in [0.05, 0.1) is 4.90 Å². The molecule has 6 heteroatoms. The van der Waals surface area contributed by atoms with E-state index in [1.54, 1.807) is 17.8 Å². The summed E-state index contributed by atoms with van der Waals surface area (Å²) in [5.41, 5.74) is 2.91. The SMILES string of the molecule is CNCc1cc(S(=O)(=O)NCCC(C)SC)c(C)cc1C. The minimum atomic E-state index is -3.44. The van der Waals surface area contributed by atoms with E-state index < -0.39 is 10.0 Å². The molecule has 4 nitrogen and oxygen atoms in total. The van der Waals surface area contributed by atoms with Crippen LogP contribution in [-0.4, -0.2) is 33.5 Å². The van der Waals surface area contributed by atoms with Crippen LogP contribution in [0.4, 0.5) is 0 Å². The van der Waals surface area contributed by atoms with Crippen molar-refractivity contribution in [1.82, 2.24) is 10.0 Å². The molecule has 0 saturated heterocycles. The van der Waals surface area contributed by atoms with Crippen LogP contribution in [0, 0.1) is 13.8 Å². The van der Waals surface area contributed by atoms with Crippen molar-refractivity contribution in [2.24, 2.45) is 0 Å². The van der Waals surface area contributed by atoms with Gasteiger partial charge in [0, 0.05) is 18.3 Å². The first-order chi connectivity index (χ1) is 9.81. The molecule has 0 heterocycles. The molecular weight excluding hydrogens is 304 g/mol. The number of benzene rings is 1. The van der Waals surface area contributed by atoms with Crippen LogP contribution < -0.4 is 10.0 Å². The van der Waals surface area contributed by atoms with Gasteiger partial charge in [0.15, 0.2) is 0 Å². The van der Waals surface area contributed by atoms with Crippen molar-refractivity contribution < 1.29 is 8.42 Å². The molecule has 1 atom stereocenters. The monoisotopic (exact) mass is 330 g/mol. The molecule has 1 aromatic carbocycles. The Morgan fingerprint density at radius 3 is 2.48 bits per heavy atom. The fourth-order valence-electron chi connectivity index (χ4n) is 2.14. The van der Waals surface area contributed by atoms with Gasteiger partial charge in [0.2, 0.25) is 10.0 Å². The molecule has 120 valence electrons. The van der Waals surface area contributed by atoms with E-state index in [9.17, 15) is 8.42 Å². The first-order valence-electron chi connectivity index (χ1n) is 7.09. The van der Waals surface area contributed by atoms with Crippen LogP contribution in [0.3, 0.4) is 0 Å². The fourth-order valence-corrected chi connectivity index (χ4v) is 3.81. The molecule has 0 radical (unpaired) electrons. The molecule has 1 aromatic rings. The number of nitrogens with one attached hydrogen (secondary N) is 2. The number of rotatable bonds is 8. The van der Waals surface area contributed by atoms with Gasteiger partial charge in [-0.2, -0.15) is 11.8 Å². The molecule has 1 rings (SSSR count). The lowest BCUT2D eigenvalue weighted by atomic mass is 10.1. The van der Waals surface area contributed by atoms with Crippen molar-refractivity contribution >= 4 is 21.8 Å². The third-order valence-electron chi connectivity index (χ3n) is 3.54. The molecule has 2 N–H and O–H groups in total. The Balaban J connectivity index is 2.94. The average Bonchev–Trinajstić information content (AvgIpc) is 2.41. The Labute approximate surface area is 133 Å². The molecule has 21 heavy (non-hydrogen) atoms. The van der Waals surface area contributed by atoms with Crippen LogP contribution in [0.25, 0.3) is 0 Å². The Morgan fingerprint density at radius 1 is 1.24 bits per heavy atom. The van der Waals surface area contributed by atoms with Crippen molar-refractivity contribution in [2.45, 2.75) is 43.9 Å². The van der Waals surface area contributed by atoms with Crippen LogP contribution in [0.5, 0.6) is 0 Å². The minimum absolute atomic E-state index is 0.384. The summed E-state index contributed by atoms with van der Waals surface area (Å²) in [6, 6.07) is 3.72. The summed E-state index contributed by atoms with van der Waals surface area (Å²) in [6.07, 6.45) is 2.86. The number of hydrogen-bond acceptors (Lipinski definition) is 4. The molecule has 0 aliphatic carbocycles. The summed E-state index contributed by atoms with van der Waals surface area (Å²) in [6.45, 7) is 7.08. The van der Waals surface area contributed by atoms with E-state index in [1.807, 2.05) is 33.2 Å². The maximum atomic E-state index is 12.5. The van der Waals surface area contributed by atoms with Gasteiger partial charge in [0.1, 0.15) is 0 Å². The highest BCUT2D eigenvalue weighted by molar-refractivity contribution is 7.99. The Bertz CT molecular complexity index is 571. The van der Waals surface area contributed by atoms with Crippen LogP contribution >= 0.6 is 11.8 Å². The van der Waals surface area contributed by atoms with Gasteiger partial charge >= 0.3 is 0 Å². The molecule has 0 aliphatic rings. The molecule has 0 saturated carbocycles. The highest BCUT2D eigenvalue weighted by atomic mass is 32.2. The van der Waals surface area contributed by atoms with E-state index in [0.717, 1.165) is 23.1 Å². The average molecular weight is 331 g/mol. The number of hydrogen-bond donors (Lipinski definition) is 2. The first kappa shape index (κ1) is 18.5. The zero-order chi connectivity index (χ0) is 16.0. The van der Waals surface area contributed by atoms with Gasteiger partial charge in [0.25, 0.3) is 0 Å². The van der Waals surface area contributed by atoms with Crippen molar-refractivity contribution in [2.75, 3.05) is 19.8 Å². The van der Waals surface area contributed by atoms with Crippen molar-refractivity contribution in [3.05, 3.63) is 28.8 Å². The predicted octanol–water partition coefficient (Wildman–Crippen LogP) is 2.44. The highest BCUT2D eigenvalue weighted by Crippen LogP contribution is 2.20. The van der Waals surface area contributed by atoms with E-state index in [1.165, 1.54) is 0 Å². The van der Waals surface area contributed by atoms with Crippen LogP contribution in [0.2, 0.25) is 0 Å². The second kappa shape index (κ2) is 8.17. The van der Waals surface area contributed by atoms with Crippen molar-refractivity contribution in [3.63, 3.8) is 0 Å². The maximum Gasteiger partial charge on any atom is 0.240 e. The minimum Gasteiger partial charge on any atom is -0.316 e. The van der Waals surface area contributed by atoms with Crippen LogP contribution in [0.1, 0.15) is 30.0 Å². The Kier molecular flexibility index (Phi) is 7.20. The lowest BCUT2D eigenvalue weighted by molar-refractivity contribution is 0.578. The largest absolute Gasteiger partial charge is 0.316 e. The van der Waals surface area contributed by atoms with E-state index in [-0.39, 0.29) is 0 Å². The molecule has 0 bridgehead atoms. The quantitative estimate of drug-likeness (QED) is 0.769. The van der Waals surface area contributed by atoms with Crippen molar-refractivity contribution in [3.8, 4) is 0 Å². The summed E-state index contributed by atoms with van der Waals surface area (Å²) in [5, 5.41) is 3.52. The number of aryl methyl sites for hydroxylation is 2. The highest BCUT2D eigenvalue weighted by Gasteiger charge is 2.18. The second-order valence-electron chi connectivity index (χ2n) is 5.31. The maximum absolute atomic E-state index is 12.5. The van der Waals surface area contributed by atoms with E-state index in [2.05, 4.69) is 17.0 Å². The smallest absolute Gasteiger partial charge is 0.240 e. The van der Waals surface area contributed by atoms with Crippen LogP contribution in [-0.2, 0) is 16.6 Å². The number of thioether (sulfide) groups is 1. The summed E-state index contributed by atoms with van der Waals surface area (Å²) in [4.78, 5) is 0.384. The van der Waals surface area contributed by atoms with Gasteiger partial charge in [-0.25, -0.2) is 13.1 Å². The molecule has 0 aromatic heterocycles. The Morgan fingerprint density at radius 2 is 1.90 bits per heavy atom. The fraction of sp³-hybridized carbons (Fsp3) is 0.600. The zero-order valence-electron chi connectivity index (χ0n) is 13.5. The topological polar surface area (TPSA) is 58.2 Å². The zero-order valence-corrected chi connectivity index (χ0v) is 15.1. The lowest BCUT2D eigenvalue weighted by Gasteiger charge is -2.14. The third kappa shape index (κ3) is 5.29. The van der Waals surface area contributed by atoms with E-state index >= 15 is 0 Å². The van der Waals surface area contributed by atoms with Gasteiger partial charge in [-0.1, -0.05) is 13.0 Å². The molecular formula is C15H26N2O2S2. The standard InChI is InChI=1S/C15H26N2O2S2/c1-11-8-12(2)15(9-14(11)10-16-4)21(18,19)17-7-6-13(3)20-5/h8-9,13,16-17H,6-7,10H2,1-5H3. The summed E-state index contributed by atoms with van der Waals surface area (Å²) in [5.74, 6) is 0. The summed E-state index contributed by atoms with van der Waals surface area (Å²) < 4.78 is 27.6. The summed E-state index contributed by atoms with van der Waals surface area (Å²) in [7, 11) is -1.58. The predicted molar refractivity (Wildman–Crippen MR) is 91.5 cm³/mol. The van der Waals surface area contributed by atoms with Gasteiger partial charge in [-0.05, 0) is 56.3 Å². The van der Waals surface area contributed by atoms with Gasteiger partial charge in [-0.15, -0.1) is 0 Å². The molecule has 0 fully saturated rings. The Hall–Kier alpha value is -0.560. The molecule has 0 amide bonds. The van der Waals surface area contributed by atoms with Gasteiger partial charge < -0.3 is 5.32 Å². The molecule has 1 unspecified atom stereocenters. The third-order valence-corrected chi connectivity index (χ3v) is 6.18. The lowest BCUT2D eigenvalue weighted by Crippen LogP contribution is -2.27. The van der Waals surface area contributed by atoms with E-state index in [4.69, 9.17) is 0 Å². The van der Waals surface area contributed by atoms with Gasteiger partial charge in [-0.3, -0.25) is 0 Å². The van der Waals surface area contributed by atoms with Crippen molar-refractivity contribution in [1.29, 1.82) is 0 Å². The second-order valence-corrected chi connectivity index (χ2v) is 8.32. The molecule has 0 aliphatic heterocycles. The van der Waals surface area contributed by atoms with Crippen LogP contribution in [0.15, 0.2) is 17.0 Å². The normalized spacial score (nSPS) is 13.4. The van der Waals surface area contributed by atoms with E-state index in [0.29, 0.717) is 23.2 Å². The first-order valence-corrected chi connectivity index (χ1v) is 9.86. The molecule has 0 spiro atoms.